The standard InChI is InChI=1S/C13H12Cl2N2O3S/c1-17(9-3-5-10(20-2)6-4-9)21(18,19)11-7-12(14)13(15)16-8-11/h3-8H,1-2H3. The van der Waals surface area contributed by atoms with Crippen molar-refractivity contribution in [3.05, 3.63) is 46.7 Å². The average Bonchev–Trinajstić information content (AvgIpc) is 2.49. The third kappa shape index (κ3) is 3.23. The van der Waals surface area contributed by atoms with Gasteiger partial charge < -0.3 is 4.74 Å². The molecular weight excluding hydrogens is 335 g/mol. The monoisotopic (exact) mass is 346 g/mol. The van der Waals surface area contributed by atoms with Gasteiger partial charge in [-0.25, -0.2) is 13.4 Å². The van der Waals surface area contributed by atoms with Crippen molar-refractivity contribution in [1.82, 2.24) is 4.98 Å². The molecule has 0 N–H and O–H groups in total. The van der Waals surface area contributed by atoms with Gasteiger partial charge in [-0.05, 0) is 30.3 Å². The number of sulfonamides is 1. The summed E-state index contributed by atoms with van der Waals surface area (Å²) in [4.78, 5) is 3.72. The normalized spacial score (nSPS) is 11.2. The van der Waals surface area contributed by atoms with E-state index in [2.05, 4.69) is 4.98 Å². The van der Waals surface area contributed by atoms with Crippen LogP contribution >= 0.6 is 23.2 Å². The highest BCUT2D eigenvalue weighted by molar-refractivity contribution is 7.92. The van der Waals surface area contributed by atoms with Gasteiger partial charge in [0, 0.05) is 13.2 Å². The van der Waals surface area contributed by atoms with Crippen LogP contribution in [0.2, 0.25) is 10.2 Å². The number of anilines is 1. The molecule has 0 amide bonds. The predicted molar refractivity (Wildman–Crippen MR) is 82.8 cm³/mol. The van der Waals surface area contributed by atoms with E-state index in [1.807, 2.05) is 0 Å². The molecule has 1 heterocycles. The fourth-order valence-corrected chi connectivity index (χ4v) is 3.14. The first-order valence-corrected chi connectivity index (χ1v) is 8.00. The molecule has 2 rings (SSSR count). The van der Waals surface area contributed by atoms with E-state index in [4.69, 9.17) is 27.9 Å². The van der Waals surface area contributed by atoms with Gasteiger partial charge in [-0.3, -0.25) is 4.31 Å². The second-order valence-corrected chi connectivity index (χ2v) is 6.85. The summed E-state index contributed by atoms with van der Waals surface area (Å²) in [6.07, 6.45) is 1.17. The molecule has 0 unspecified atom stereocenters. The molecule has 21 heavy (non-hydrogen) atoms. The molecule has 0 aliphatic heterocycles. The number of pyridine rings is 1. The Morgan fingerprint density at radius 1 is 1.19 bits per heavy atom. The first-order chi connectivity index (χ1) is 9.86. The van der Waals surface area contributed by atoms with Crippen LogP contribution in [-0.2, 0) is 10.0 Å². The maximum Gasteiger partial charge on any atom is 0.265 e. The van der Waals surface area contributed by atoms with E-state index in [9.17, 15) is 8.42 Å². The number of nitrogens with zero attached hydrogens (tertiary/aromatic N) is 2. The first-order valence-electron chi connectivity index (χ1n) is 5.80. The third-order valence-corrected chi connectivity index (χ3v) is 5.30. The maximum absolute atomic E-state index is 12.5. The Labute approximate surface area is 133 Å². The Balaban J connectivity index is 2.39. The molecule has 2 aromatic rings. The summed E-state index contributed by atoms with van der Waals surface area (Å²) in [6.45, 7) is 0. The number of aromatic nitrogens is 1. The number of hydrogen-bond donors (Lipinski definition) is 0. The number of ether oxygens (including phenoxy) is 1. The van der Waals surface area contributed by atoms with E-state index in [1.165, 1.54) is 26.4 Å². The topological polar surface area (TPSA) is 59.5 Å². The van der Waals surface area contributed by atoms with Gasteiger partial charge in [0.15, 0.2) is 0 Å². The lowest BCUT2D eigenvalue weighted by molar-refractivity contribution is 0.415. The zero-order valence-electron chi connectivity index (χ0n) is 11.2. The van der Waals surface area contributed by atoms with Crippen molar-refractivity contribution in [2.45, 2.75) is 4.90 Å². The van der Waals surface area contributed by atoms with Crippen molar-refractivity contribution in [1.29, 1.82) is 0 Å². The zero-order valence-corrected chi connectivity index (χ0v) is 13.6. The van der Waals surface area contributed by atoms with Crippen LogP contribution in [-0.4, -0.2) is 27.6 Å². The van der Waals surface area contributed by atoms with E-state index in [0.29, 0.717) is 11.4 Å². The van der Waals surface area contributed by atoms with Crippen molar-refractivity contribution in [3.63, 3.8) is 0 Å². The van der Waals surface area contributed by atoms with Gasteiger partial charge in [0.25, 0.3) is 10.0 Å². The van der Waals surface area contributed by atoms with E-state index < -0.39 is 10.0 Å². The van der Waals surface area contributed by atoms with Gasteiger partial charge in [-0.15, -0.1) is 0 Å². The van der Waals surface area contributed by atoms with E-state index in [0.717, 1.165) is 4.31 Å². The molecule has 1 aromatic heterocycles. The van der Waals surface area contributed by atoms with Crippen LogP contribution in [0, 0.1) is 0 Å². The van der Waals surface area contributed by atoms with Crippen molar-refractivity contribution in [2.24, 2.45) is 0 Å². The van der Waals surface area contributed by atoms with Crippen LogP contribution in [0.4, 0.5) is 5.69 Å². The number of hydrogen-bond acceptors (Lipinski definition) is 4. The Bertz CT molecular complexity index is 749. The summed E-state index contributed by atoms with van der Waals surface area (Å²) < 4.78 is 31.2. The highest BCUT2D eigenvalue weighted by Crippen LogP contribution is 2.27. The Morgan fingerprint density at radius 3 is 2.33 bits per heavy atom. The fourth-order valence-electron chi connectivity index (χ4n) is 1.63. The fraction of sp³-hybridized carbons (Fsp3) is 0.154. The lowest BCUT2D eigenvalue weighted by Crippen LogP contribution is -2.26. The molecule has 0 fully saturated rings. The van der Waals surface area contributed by atoms with Gasteiger partial charge >= 0.3 is 0 Å². The molecule has 5 nitrogen and oxygen atoms in total. The van der Waals surface area contributed by atoms with Crippen molar-refractivity contribution in [2.75, 3.05) is 18.5 Å². The summed E-state index contributed by atoms with van der Waals surface area (Å²) in [7, 11) is -0.781. The van der Waals surface area contributed by atoms with Gasteiger partial charge in [0.05, 0.1) is 17.8 Å². The molecular formula is C13H12Cl2N2O3S. The zero-order chi connectivity index (χ0) is 15.6. The molecule has 0 saturated carbocycles. The highest BCUT2D eigenvalue weighted by atomic mass is 35.5. The lowest BCUT2D eigenvalue weighted by Gasteiger charge is -2.19. The molecule has 8 heteroatoms. The van der Waals surface area contributed by atoms with Crippen LogP contribution in [0.3, 0.4) is 0 Å². The maximum atomic E-state index is 12.5. The Hall–Kier alpha value is -1.50. The molecule has 0 atom stereocenters. The van der Waals surface area contributed by atoms with Crippen LogP contribution in [0.5, 0.6) is 5.75 Å². The molecule has 0 saturated heterocycles. The quantitative estimate of drug-likeness (QED) is 0.797. The second-order valence-electron chi connectivity index (χ2n) is 4.11. The first kappa shape index (κ1) is 15.9. The van der Waals surface area contributed by atoms with Gasteiger partial charge in [0.2, 0.25) is 0 Å². The predicted octanol–water partition coefficient (Wildman–Crippen LogP) is 3.22. The van der Waals surface area contributed by atoms with Crippen molar-refractivity contribution in [3.8, 4) is 5.75 Å². The minimum Gasteiger partial charge on any atom is -0.497 e. The minimum absolute atomic E-state index is 0.0322. The SMILES string of the molecule is COc1ccc(N(C)S(=O)(=O)c2cnc(Cl)c(Cl)c2)cc1. The molecule has 0 aliphatic carbocycles. The minimum atomic E-state index is -3.76. The van der Waals surface area contributed by atoms with Crippen molar-refractivity contribution >= 4 is 38.9 Å². The van der Waals surface area contributed by atoms with Crippen LogP contribution in [0.25, 0.3) is 0 Å². The average molecular weight is 347 g/mol. The molecule has 112 valence electrons. The van der Waals surface area contributed by atoms with E-state index >= 15 is 0 Å². The van der Waals surface area contributed by atoms with Gasteiger partial charge in [-0.2, -0.15) is 0 Å². The highest BCUT2D eigenvalue weighted by Gasteiger charge is 2.22. The largest absolute Gasteiger partial charge is 0.497 e. The third-order valence-electron chi connectivity index (χ3n) is 2.87. The molecule has 1 aromatic carbocycles. The Kier molecular flexibility index (Phi) is 4.61. The summed E-state index contributed by atoms with van der Waals surface area (Å²) in [6, 6.07) is 7.90. The van der Waals surface area contributed by atoms with Crippen molar-refractivity contribution < 1.29 is 13.2 Å². The van der Waals surface area contributed by atoms with E-state index in [1.54, 1.807) is 24.3 Å². The van der Waals surface area contributed by atoms with Crippen LogP contribution in [0.15, 0.2) is 41.4 Å². The number of benzene rings is 1. The van der Waals surface area contributed by atoms with Crippen LogP contribution in [0.1, 0.15) is 0 Å². The lowest BCUT2D eigenvalue weighted by atomic mass is 10.3. The van der Waals surface area contributed by atoms with E-state index in [-0.39, 0.29) is 15.1 Å². The second kappa shape index (κ2) is 6.09. The smallest absolute Gasteiger partial charge is 0.265 e. The van der Waals surface area contributed by atoms with Crippen LogP contribution < -0.4 is 9.04 Å². The van der Waals surface area contributed by atoms with Gasteiger partial charge in [0.1, 0.15) is 15.8 Å². The summed E-state index contributed by atoms with van der Waals surface area (Å²) in [5.41, 5.74) is 0.488. The summed E-state index contributed by atoms with van der Waals surface area (Å²) in [5, 5.41) is 0.142. The summed E-state index contributed by atoms with van der Waals surface area (Å²) in [5.74, 6) is 0.640. The molecule has 0 bridgehead atoms. The number of rotatable bonds is 4. The molecule has 0 radical (unpaired) electrons. The van der Waals surface area contributed by atoms with Gasteiger partial charge in [-0.1, -0.05) is 23.2 Å². The summed E-state index contributed by atoms with van der Waals surface area (Å²) >= 11 is 11.5. The Morgan fingerprint density at radius 2 is 1.81 bits per heavy atom. The number of methoxy groups -OCH3 is 1. The molecule has 0 aliphatic rings. The molecule has 0 spiro atoms. The number of halogens is 2.